The van der Waals surface area contributed by atoms with Gasteiger partial charge in [-0.05, 0) is 0 Å². The van der Waals surface area contributed by atoms with Crippen molar-refractivity contribution in [2.75, 3.05) is 0 Å². The molecule has 11 heavy (non-hydrogen) atoms. The van der Waals surface area contributed by atoms with E-state index in [1.807, 2.05) is 60.7 Å². The third-order valence-electron chi connectivity index (χ3n) is 1.11. The molecule has 2 aromatic rings. The van der Waals surface area contributed by atoms with Crippen LogP contribution in [0.3, 0.4) is 0 Å². The van der Waals surface area contributed by atoms with Crippen LogP contribution in [0.25, 0.3) is 0 Å². The van der Waals surface area contributed by atoms with Gasteiger partial charge in [-0.15, -0.1) is 0 Å². The smallest absolute Gasteiger partial charge is 0.214 e. The fourth-order valence-electron chi connectivity index (χ4n) is 0.642. The molecule has 0 unspecified atom stereocenters. The van der Waals surface area contributed by atoms with Crippen LogP contribution in [0.4, 0.5) is 0 Å². The summed E-state index contributed by atoms with van der Waals surface area (Å²) in [5.74, 6) is 0. The van der Waals surface area contributed by atoms with Crippen molar-refractivity contribution >= 4 is 0 Å². The van der Waals surface area contributed by atoms with Crippen molar-refractivity contribution in [3.63, 3.8) is 0 Å². The Hall–Kier alpha value is -0.677. The maximum absolute atomic E-state index is 2.00. The summed E-state index contributed by atoms with van der Waals surface area (Å²) in [4.78, 5) is 0. The summed E-state index contributed by atoms with van der Waals surface area (Å²) in [5, 5.41) is 0. The third kappa shape index (κ3) is 5.75. The molecule has 0 nitrogen and oxygen atoms in total. The van der Waals surface area contributed by atoms with Gasteiger partial charge >= 0.3 is 19.5 Å². The Morgan fingerprint density at radius 2 is 0.818 bits per heavy atom. The molecule has 0 bridgehead atoms. The first-order chi connectivity index (χ1) is 5.00. The summed E-state index contributed by atoms with van der Waals surface area (Å²) in [5.41, 5.74) is 0. The molecule has 0 spiro atoms. The Kier molecular flexibility index (Phi) is 6.97. The molecule has 1 heteroatoms. The van der Waals surface area contributed by atoms with E-state index in [2.05, 4.69) is 0 Å². The van der Waals surface area contributed by atoms with Crippen LogP contribution >= 0.6 is 0 Å². The van der Waals surface area contributed by atoms with Gasteiger partial charge < -0.3 is 0 Å². The molecule has 0 amide bonds. The van der Waals surface area contributed by atoms with Crippen LogP contribution in [0.1, 0.15) is 0 Å². The zero-order chi connectivity index (χ0) is 7.07. The van der Waals surface area contributed by atoms with Crippen molar-refractivity contribution in [2.24, 2.45) is 0 Å². The Bertz CT molecular complexity index is 144. The van der Waals surface area contributed by atoms with Crippen molar-refractivity contribution in [3.05, 3.63) is 60.7 Å². The molecule has 0 aliphatic heterocycles. The maximum Gasteiger partial charge on any atom is 2.00 e. The SMILES string of the molecule is [Rh+2].c1cc[cH-]c1.c1cc[cH-]c1. The molecule has 0 atom stereocenters. The third-order valence-corrected chi connectivity index (χ3v) is 1.11. The van der Waals surface area contributed by atoms with E-state index in [0.29, 0.717) is 0 Å². The van der Waals surface area contributed by atoms with Crippen molar-refractivity contribution in [2.45, 2.75) is 0 Å². The molecule has 2 rings (SSSR count). The van der Waals surface area contributed by atoms with Crippen molar-refractivity contribution in [1.82, 2.24) is 0 Å². The molecule has 1 radical (unpaired) electrons. The minimum absolute atomic E-state index is 0. The minimum Gasteiger partial charge on any atom is -0.214 e. The van der Waals surface area contributed by atoms with Crippen LogP contribution in [0, 0.1) is 0 Å². The largest absolute Gasteiger partial charge is 2.00 e. The second-order valence-electron chi connectivity index (χ2n) is 1.92. The first kappa shape index (κ1) is 10.3. The van der Waals surface area contributed by atoms with Crippen LogP contribution in [0.5, 0.6) is 0 Å². The van der Waals surface area contributed by atoms with Gasteiger partial charge in [0.1, 0.15) is 0 Å². The monoisotopic (exact) mass is 233 g/mol. The first-order valence-electron chi connectivity index (χ1n) is 3.33. The second kappa shape index (κ2) is 7.43. The van der Waals surface area contributed by atoms with Gasteiger partial charge in [-0.3, -0.25) is 0 Å². The molecule has 0 aliphatic rings. The molecule has 0 fully saturated rings. The normalized spacial score (nSPS) is 7.27. The van der Waals surface area contributed by atoms with Crippen molar-refractivity contribution in [3.8, 4) is 0 Å². The van der Waals surface area contributed by atoms with Crippen molar-refractivity contribution in [1.29, 1.82) is 0 Å². The maximum atomic E-state index is 2.00. The molecular weight excluding hydrogens is 223 g/mol. The zero-order valence-electron chi connectivity index (χ0n) is 6.11. The van der Waals surface area contributed by atoms with E-state index in [4.69, 9.17) is 0 Å². The van der Waals surface area contributed by atoms with E-state index >= 15 is 0 Å². The van der Waals surface area contributed by atoms with E-state index in [0.717, 1.165) is 0 Å². The predicted molar refractivity (Wildman–Crippen MR) is 44.1 cm³/mol. The molecule has 2 aromatic carbocycles. The average Bonchev–Trinajstić information content (AvgIpc) is 2.67. The molecular formula is C10H10Rh. The quantitative estimate of drug-likeness (QED) is 0.484. The second-order valence-corrected chi connectivity index (χ2v) is 1.92. The van der Waals surface area contributed by atoms with Crippen LogP contribution in [-0.4, -0.2) is 0 Å². The molecule has 59 valence electrons. The Balaban J connectivity index is 0.000000167. The Morgan fingerprint density at radius 1 is 0.545 bits per heavy atom. The van der Waals surface area contributed by atoms with Crippen LogP contribution < -0.4 is 0 Å². The van der Waals surface area contributed by atoms with E-state index in [-0.39, 0.29) is 19.5 Å². The predicted octanol–water partition coefficient (Wildman–Crippen LogP) is 2.81. The number of hydrogen-bond acceptors (Lipinski definition) is 0. The fraction of sp³-hybridized carbons (Fsp3) is 0. The van der Waals surface area contributed by atoms with Gasteiger partial charge in [-0.25, -0.2) is 24.3 Å². The van der Waals surface area contributed by atoms with Gasteiger partial charge in [0.2, 0.25) is 0 Å². The van der Waals surface area contributed by atoms with Gasteiger partial charge in [0.15, 0.2) is 0 Å². The molecule has 0 aliphatic carbocycles. The van der Waals surface area contributed by atoms with E-state index < -0.39 is 0 Å². The summed E-state index contributed by atoms with van der Waals surface area (Å²) >= 11 is 0. The Morgan fingerprint density at radius 3 is 0.909 bits per heavy atom. The zero-order valence-corrected chi connectivity index (χ0v) is 7.75. The molecule has 0 saturated carbocycles. The van der Waals surface area contributed by atoms with Crippen molar-refractivity contribution < 1.29 is 19.5 Å². The standard InChI is InChI=1S/2C5H5.Rh/c2*1-2-4-5-3-1;/h2*1-5H;/q2*-1;+2. The molecule has 0 saturated heterocycles. The summed E-state index contributed by atoms with van der Waals surface area (Å²) < 4.78 is 0. The van der Waals surface area contributed by atoms with E-state index in [9.17, 15) is 0 Å². The van der Waals surface area contributed by atoms with Crippen LogP contribution in [-0.2, 0) is 19.5 Å². The Labute approximate surface area is 80.4 Å². The average molecular weight is 233 g/mol. The summed E-state index contributed by atoms with van der Waals surface area (Å²) in [6.45, 7) is 0. The van der Waals surface area contributed by atoms with Gasteiger partial charge in [-0.2, -0.15) is 36.4 Å². The topological polar surface area (TPSA) is 0 Å². The fourth-order valence-corrected chi connectivity index (χ4v) is 0.642. The summed E-state index contributed by atoms with van der Waals surface area (Å²) in [7, 11) is 0. The summed E-state index contributed by atoms with van der Waals surface area (Å²) in [6, 6.07) is 20.0. The van der Waals surface area contributed by atoms with Gasteiger partial charge in [0.25, 0.3) is 0 Å². The minimum atomic E-state index is 0. The molecule has 0 heterocycles. The number of hydrogen-bond donors (Lipinski definition) is 0. The van der Waals surface area contributed by atoms with E-state index in [1.165, 1.54) is 0 Å². The van der Waals surface area contributed by atoms with Gasteiger partial charge in [0, 0.05) is 0 Å². The number of rotatable bonds is 0. The van der Waals surface area contributed by atoms with Gasteiger partial charge in [-0.1, -0.05) is 0 Å². The van der Waals surface area contributed by atoms with Gasteiger partial charge in [0.05, 0.1) is 0 Å². The molecule has 0 N–H and O–H groups in total. The first-order valence-corrected chi connectivity index (χ1v) is 3.33. The summed E-state index contributed by atoms with van der Waals surface area (Å²) in [6.07, 6.45) is 0. The van der Waals surface area contributed by atoms with Crippen LogP contribution in [0.2, 0.25) is 0 Å². The molecule has 0 aromatic heterocycles. The van der Waals surface area contributed by atoms with E-state index in [1.54, 1.807) is 0 Å². The van der Waals surface area contributed by atoms with Crippen LogP contribution in [0.15, 0.2) is 60.7 Å².